The topological polar surface area (TPSA) is 57.8 Å². The molecule has 0 bridgehead atoms. The summed E-state index contributed by atoms with van der Waals surface area (Å²) in [6, 6.07) is 7.86. The van der Waals surface area contributed by atoms with Gasteiger partial charge in [0.2, 0.25) is 6.41 Å². The molecule has 90 valence electrons. The van der Waals surface area contributed by atoms with E-state index < -0.39 is 5.82 Å². The molecule has 0 unspecified atom stereocenters. The van der Waals surface area contributed by atoms with Crippen molar-refractivity contribution >= 4 is 12.2 Å². The Hall–Kier alpha value is -2.61. The molecule has 2 rings (SSSR count). The van der Waals surface area contributed by atoms with E-state index in [0.29, 0.717) is 17.8 Å². The molecule has 4 nitrogen and oxygen atoms in total. The third kappa shape index (κ3) is 1.96. The third-order valence-corrected chi connectivity index (χ3v) is 2.67. The number of aromatic nitrogens is 1. The second-order valence-corrected chi connectivity index (χ2v) is 3.76. The number of nitriles is 1. The van der Waals surface area contributed by atoms with Gasteiger partial charge in [0, 0.05) is 18.8 Å². The Balaban J connectivity index is 2.56. The SMILES string of the molecule is Cn1ccc(-c2ccc(F)c(C#N)c2)c1NC=O. The summed E-state index contributed by atoms with van der Waals surface area (Å²) in [5.41, 5.74) is 1.40. The number of hydrogen-bond donors (Lipinski definition) is 1. The van der Waals surface area contributed by atoms with Crippen LogP contribution in [-0.2, 0) is 11.8 Å². The first-order chi connectivity index (χ1) is 8.67. The van der Waals surface area contributed by atoms with Crippen LogP contribution in [0.25, 0.3) is 11.1 Å². The van der Waals surface area contributed by atoms with Crippen LogP contribution in [0.15, 0.2) is 30.5 Å². The Labute approximate surface area is 103 Å². The molecule has 2 aromatic rings. The van der Waals surface area contributed by atoms with Crippen molar-refractivity contribution in [3.05, 3.63) is 41.8 Å². The zero-order valence-electron chi connectivity index (χ0n) is 9.64. The predicted molar refractivity (Wildman–Crippen MR) is 65.2 cm³/mol. The van der Waals surface area contributed by atoms with Gasteiger partial charge in [0.25, 0.3) is 0 Å². The molecule has 0 aliphatic carbocycles. The highest BCUT2D eigenvalue weighted by Crippen LogP contribution is 2.29. The largest absolute Gasteiger partial charge is 0.337 e. The Morgan fingerprint density at radius 1 is 1.44 bits per heavy atom. The lowest BCUT2D eigenvalue weighted by molar-refractivity contribution is -0.105. The van der Waals surface area contributed by atoms with Gasteiger partial charge in [-0.1, -0.05) is 6.07 Å². The molecule has 18 heavy (non-hydrogen) atoms. The van der Waals surface area contributed by atoms with Crippen LogP contribution in [0.3, 0.4) is 0 Å². The van der Waals surface area contributed by atoms with Crippen LogP contribution in [0, 0.1) is 17.1 Å². The van der Waals surface area contributed by atoms with Gasteiger partial charge in [0.1, 0.15) is 17.7 Å². The first kappa shape index (κ1) is 11.9. The van der Waals surface area contributed by atoms with Crippen LogP contribution in [0.4, 0.5) is 10.2 Å². The van der Waals surface area contributed by atoms with E-state index in [-0.39, 0.29) is 5.56 Å². The molecule has 1 aromatic carbocycles. The molecular weight excluding hydrogens is 233 g/mol. The van der Waals surface area contributed by atoms with Crippen molar-refractivity contribution in [1.82, 2.24) is 4.57 Å². The lowest BCUT2D eigenvalue weighted by Gasteiger charge is -2.06. The molecule has 0 saturated heterocycles. The minimum absolute atomic E-state index is 0.0200. The van der Waals surface area contributed by atoms with E-state index in [4.69, 9.17) is 5.26 Å². The van der Waals surface area contributed by atoms with Crippen LogP contribution in [0.5, 0.6) is 0 Å². The summed E-state index contributed by atoms with van der Waals surface area (Å²) in [4.78, 5) is 10.5. The van der Waals surface area contributed by atoms with Crippen molar-refractivity contribution in [3.63, 3.8) is 0 Å². The maximum Gasteiger partial charge on any atom is 0.212 e. The highest BCUT2D eigenvalue weighted by molar-refractivity contribution is 5.83. The van der Waals surface area contributed by atoms with Crippen molar-refractivity contribution in [3.8, 4) is 17.2 Å². The van der Waals surface area contributed by atoms with E-state index in [2.05, 4.69) is 5.32 Å². The number of aryl methyl sites for hydroxylation is 1. The van der Waals surface area contributed by atoms with Crippen molar-refractivity contribution < 1.29 is 9.18 Å². The second kappa shape index (κ2) is 4.72. The zero-order valence-corrected chi connectivity index (χ0v) is 9.64. The smallest absolute Gasteiger partial charge is 0.212 e. The monoisotopic (exact) mass is 243 g/mol. The molecule has 0 radical (unpaired) electrons. The van der Waals surface area contributed by atoms with Gasteiger partial charge in [0.15, 0.2) is 0 Å². The van der Waals surface area contributed by atoms with E-state index in [1.54, 1.807) is 36.0 Å². The number of amides is 1. The molecule has 1 aromatic heterocycles. The standard InChI is InChI=1S/C13H10FN3O/c1-17-5-4-11(13(17)16-8-18)9-2-3-12(14)10(6-9)7-15/h2-6,8H,1H3,(H,16,18). The molecule has 1 N–H and O–H groups in total. The highest BCUT2D eigenvalue weighted by atomic mass is 19.1. The maximum atomic E-state index is 13.2. The molecule has 0 atom stereocenters. The molecule has 5 heteroatoms. The Morgan fingerprint density at radius 3 is 2.89 bits per heavy atom. The van der Waals surface area contributed by atoms with Gasteiger partial charge in [-0.15, -0.1) is 0 Å². The van der Waals surface area contributed by atoms with E-state index in [9.17, 15) is 9.18 Å². The number of nitrogens with zero attached hydrogens (tertiary/aromatic N) is 2. The lowest BCUT2D eigenvalue weighted by Crippen LogP contribution is -2.01. The minimum Gasteiger partial charge on any atom is -0.337 e. The summed E-state index contributed by atoms with van der Waals surface area (Å²) in [6.07, 6.45) is 2.35. The molecular formula is C13H10FN3O. The number of rotatable bonds is 3. The quantitative estimate of drug-likeness (QED) is 0.841. The van der Waals surface area contributed by atoms with Crippen molar-refractivity contribution in [1.29, 1.82) is 5.26 Å². The maximum absolute atomic E-state index is 13.2. The third-order valence-electron chi connectivity index (χ3n) is 2.67. The van der Waals surface area contributed by atoms with Crippen molar-refractivity contribution in [2.45, 2.75) is 0 Å². The highest BCUT2D eigenvalue weighted by Gasteiger charge is 2.11. The van der Waals surface area contributed by atoms with Gasteiger partial charge in [-0.2, -0.15) is 5.26 Å². The van der Waals surface area contributed by atoms with Crippen LogP contribution in [0.2, 0.25) is 0 Å². The zero-order chi connectivity index (χ0) is 13.1. The molecule has 1 heterocycles. The normalized spacial score (nSPS) is 9.83. The number of benzene rings is 1. The van der Waals surface area contributed by atoms with Gasteiger partial charge < -0.3 is 9.88 Å². The molecule has 0 fully saturated rings. The number of carbonyl (C=O) groups is 1. The summed E-state index contributed by atoms with van der Waals surface area (Å²) in [6.45, 7) is 0. The molecule has 0 spiro atoms. The van der Waals surface area contributed by atoms with E-state index in [1.807, 2.05) is 0 Å². The summed E-state index contributed by atoms with van der Waals surface area (Å²) < 4.78 is 15.0. The van der Waals surface area contributed by atoms with Crippen LogP contribution in [-0.4, -0.2) is 11.0 Å². The summed E-state index contributed by atoms with van der Waals surface area (Å²) in [7, 11) is 1.78. The number of hydrogen-bond acceptors (Lipinski definition) is 2. The Kier molecular flexibility index (Phi) is 3.11. The predicted octanol–water partition coefficient (Wildman–Crippen LogP) is 2.27. The molecule has 0 aliphatic heterocycles. The number of halogens is 1. The molecule has 0 saturated carbocycles. The van der Waals surface area contributed by atoms with E-state index >= 15 is 0 Å². The first-order valence-corrected chi connectivity index (χ1v) is 5.23. The van der Waals surface area contributed by atoms with Crippen molar-refractivity contribution in [2.75, 3.05) is 5.32 Å². The van der Waals surface area contributed by atoms with Crippen LogP contribution < -0.4 is 5.32 Å². The molecule has 0 aliphatic rings. The second-order valence-electron chi connectivity index (χ2n) is 3.76. The Bertz CT molecular complexity index is 640. The first-order valence-electron chi connectivity index (χ1n) is 5.23. The van der Waals surface area contributed by atoms with Gasteiger partial charge in [-0.3, -0.25) is 4.79 Å². The summed E-state index contributed by atoms with van der Waals surface area (Å²) in [5.74, 6) is 0.0441. The van der Waals surface area contributed by atoms with Gasteiger partial charge in [-0.05, 0) is 23.8 Å². The lowest BCUT2D eigenvalue weighted by atomic mass is 10.1. The fraction of sp³-hybridized carbons (Fsp3) is 0.0769. The van der Waals surface area contributed by atoms with Gasteiger partial charge >= 0.3 is 0 Å². The average Bonchev–Trinajstić information content (AvgIpc) is 2.73. The summed E-state index contributed by atoms with van der Waals surface area (Å²) >= 11 is 0. The van der Waals surface area contributed by atoms with Crippen molar-refractivity contribution in [2.24, 2.45) is 7.05 Å². The fourth-order valence-corrected chi connectivity index (χ4v) is 1.78. The molecule has 1 amide bonds. The van der Waals surface area contributed by atoms with Gasteiger partial charge in [0.05, 0.1) is 5.56 Å². The van der Waals surface area contributed by atoms with E-state index in [0.717, 1.165) is 5.56 Å². The fourth-order valence-electron chi connectivity index (χ4n) is 1.78. The minimum atomic E-state index is -0.554. The van der Waals surface area contributed by atoms with Crippen LogP contribution >= 0.6 is 0 Å². The van der Waals surface area contributed by atoms with Gasteiger partial charge in [-0.25, -0.2) is 4.39 Å². The number of anilines is 1. The van der Waals surface area contributed by atoms with Crippen LogP contribution in [0.1, 0.15) is 5.56 Å². The summed E-state index contributed by atoms with van der Waals surface area (Å²) in [5, 5.41) is 11.4. The Morgan fingerprint density at radius 2 is 2.22 bits per heavy atom. The van der Waals surface area contributed by atoms with E-state index in [1.165, 1.54) is 12.1 Å². The number of carbonyl (C=O) groups excluding carboxylic acids is 1. The average molecular weight is 243 g/mol. The number of nitrogens with one attached hydrogen (secondary N) is 1.